The van der Waals surface area contributed by atoms with Gasteiger partial charge in [0.2, 0.25) is 0 Å². The fraction of sp³-hybridized carbons (Fsp3) is 0.250. The lowest BCUT2D eigenvalue weighted by molar-refractivity contribution is 1.12. The Morgan fingerprint density at radius 3 is 1.63 bits per heavy atom. The Labute approximate surface area is 119 Å². The Morgan fingerprint density at radius 2 is 1.26 bits per heavy atom. The smallest absolute Gasteiger partial charge is 0.127 e. The number of benzene rings is 2. The van der Waals surface area contributed by atoms with Gasteiger partial charge in [-0.05, 0) is 6.17 Å². The highest BCUT2D eigenvalue weighted by molar-refractivity contribution is 7.01. The molecule has 0 saturated heterocycles. The van der Waals surface area contributed by atoms with Crippen molar-refractivity contribution in [1.29, 1.82) is 0 Å². The fourth-order valence-corrected chi connectivity index (χ4v) is 8.25. The van der Waals surface area contributed by atoms with Crippen LogP contribution in [0.2, 0.25) is 19.6 Å². The average molecular weight is 286 g/mol. The van der Waals surface area contributed by atoms with Crippen molar-refractivity contribution in [2.75, 3.05) is 6.17 Å². The van der Waals surface area contributed by atoms with Crippen LogP contribution in [0.1, 0.15) is 0 Å². The van der Waals surface area contributed by atoms with Gasteiger partial charge in [0.05, 0.1) is 0 Å². The molecule has 0 heterocycles. The van der Waals surface area contributed by atoms with Gasteiger partial charge in [-0.1, -0.05) is 90.7 Å². The summed E-state index contributed by atoms with van der Waals surface area (Å²) in [6.45, 7) is 7.18. The highest BCUT2D eigenvalue weighted by Gasteiger charge is 2.31. The van der Waals surface area contributed by atoms with Gasteiger partial charge in [0, 0.05) is 0 Å². The summed E-state index contributed by atoms with van der Waals surface area (Å²) in [4.78, 5) is 3.78. The molecule has 0 fully saturated rings. The second kappa shape index (κ2) is 6.32. The van der Waals surface area contributed by atoms with Crippen LogP contribution in [0.25, 0.3) is 0 Å². The van der Waals surface area contributed by atoms with E-state index in [0.717, 1.165) is 6.17 Å². The van der Waals surface area contributed by atoms with Crippen LogP contribution in [0.15, 0.2) is 60.7 Å². The maximum atomic E-state index is 3.78. The van der Waals surface area contributed by atoms with Crippen LogP contribution in [0.5, 0.6) is 0 Å². The zero-order valence-electron chi connectivity index (χ0n) is 12.1. The van der Waals surface area contributed by atoms with Crippen molar-refractivity contribution in [2.45, 2.75) is 19.6 Å². The molecule has 2 aromatic carbocycles. The molecule has 0 saturated carbocycles. The monoisotopic (exact) mass is 285 g/mol. The molecular weight excluding hydrogens is 262 g/mol. The van der Waals surface area contributed by atoms with Crippen molar-refractivity contribution >= 4 is 27.4 Å². The molecule has 0 aliphatic carbocycles. The van der Waals surface area contributed by atoms with Crippen LogP contribution in [-0.4, -0.2) is 23.2 Å². The van der Waals surface area contributed by atoms with Gasteiger partial charge in [-0.15, -0.1) is 0 Å². The number of rotatable bonds is 5. The van der Waals surface area contributed by atoms with E-state index >= 15 is 0 Å². The third-order valence-electron chi connectivity index (χ3n) is 3.69. The molecular formula is C16H23NSi2. The molecule has 3 heteroatoms. The van der Waals surface area contributed by atoms with Crippen molar-refractivity contribution in [3.63, 3.8) is 0 Å². The summed E-state index contributed by atoms with van der Waals surface area (Å²) in [6, 6.07) is 22.0. The Bertz CT molecular complexity index is 457. The summed E-state index contributed by atoms with van der Waals surface area (Å²) < 4.78 is 0. The molecule has 0 atom stereocenters. The minimum Gasteiger partial charge on any atom is -0.341 e. The van der Waals surface area contributed by atoms with Crippen molar-refractivity contribution in [2.24, 2.45) is 0 Å². The molecule has 1 N–H and O–H groups in total. The highest BCUT2D eigenvalue weighted by atomic mass is 28.3. The summed E-state index contributed by atoms with van der Waals surface area (Å²) in [5.41, 5.74) is 0. The Balaban J connectivity index is 2.39. The van der Waals surface area contributed by atoms with Crippen LogP contribution in [0.4, 0.5) is 0 Å². The minimum atomic E-state index is -1.64. The van der Waals surface area contributed by atoms with E-state index < -0.39 is 17.0 Å². The molecule has 2 rings (SSSR count). The highest BCUT2D eigenvalue weighted by Crippen LogP contribution is 2.04. The molecule has 0 aromatic heterocycles. The summed E-state index contributed by atoms with van der Waals surface area (Å²) in [7, 11) is -2.37. The fourth-order valence-electron chi connectivity index (χ4n) is 2.39. The first-order valence-electron chi connectivity index (χ1n) is 6.97. The first-order valence-corrected chi connectivity index (χ1v) is 12.6. The van der Waals surface area contributed by atoms with Crippen molar-refractivity contribution < 1.29 is 0 Å². The summed E-state index contributed by atoms with van der Waals surface area (Å²) in [6.07, 6.45) is 1.14. The molecule has 0 spiro atoms. The van der Waals surface area contributed by atoms with Crippen LogP contribution in [0.3, 0.4) is 0 Å². The van der Waals surface area contributed by atoms with Gasteiger partial charge < -0.3 is 4.98 Å². The van der Waals surface area contributed by atoms with E-state index in [0.29, 0.717) is 0 Å². The van der Waals surface area contributed by atoms with E-state index in [1.807, 2.05) is 0 Å². The van der Waals surface area contributed by atoms with Crippen molar-refractivity contribution in [3.8, 4) is 0 Å². The van der Waals surface area contributed by atoms with Gasteiger partial charge in [-0.3, -0.25) is 0 Å². The molecule has 0 unspecified atom stereocenters. The van der Waals surface area contributed by atoms with Gasteiger partial charge in [0.15, 0.2) is 0 Å². The third-order valence-corrected chi connectivity index (χ3v) is 9.24. The standard InChI is InChI=1S/C16H23NSi2/c1-18(2)17-14-19(3,15-10-6-4-7-11-15)16-12-8-5-9-13-16/h4-13,17-18H,14H2,1-3H3. The molecule has 0 amide bonds. The Kier molecular flexibility index (Phi) is 4.74. The van der Waals surface area contributed by atoms with E-state index in [1.54, 1.807) is 0 Å². The minimum absolute atomic E-state index is 0.733. The molecule has 0 bridgehead atoms. The lowest BCUT2D eigenvalue weighted by Gasteiger charge is -2.30. The Hall–Kier alpha value is -1.17. The summed E-state index contributed by atoms with van der Waals surface area (Å²) in [5.74, 6) is 0. The van der Waals surface area contributed by atoms with Gasteiger partial charge in [-0.2, -0.15) is 0 Å². The van der Waals surface area contributed by atoms with E-state index in [-0.39, 0.29) is 0 Å². The van der Waals surface area contributed by atoms with E-state index in [1.165, 1.54) is 10.4 Å². The quantitative estimate of drug-likeness (QED) is 0.829. The molecule has 19 heavy (non-hydrogen) atoms. The maximum Gasteiger partial charge on any atom is 0.127 e. The second-order valence-electron chi connectivity index (χ2n) is 5.60. The van der Waals surface area contributed by atoms with E-state index in [9.17, 15) is 0 Å². The largest absolute Gasteiger partial charge is 0.341 e. The van der Waals surface area contributed by atoms with Crippen molar-refractivity contribution in [3.05, 3.63) is 60.7 Å². The molecule has 100 valence electrons. The predicted octanol–water partition coefficient (Wildman–Crippen LogP) is 1.99. The number of nitrogens with one attached hydrogen (secondary N) is 1. The second-order valence-corrected chi connectivity index (χ2v) is 12.5. The zero-order valence-corrected chi connectivity index (χ0v) is 14.2. The van der Waals surface area contributed by atoms with Gasteiger partial charge in [0.25, 0.3) is 0 Å². The van der Waals surface area contributed by atoms with Gasteiger partial charge in [-0.25, -0.2) is 0 Å². The zero-order chi connectivity index (χ0) is 13.7. The third kappa shape index (κ3) is 3.44. The average Bonchev–Trinajstić information content (AvgIpc) is 2.46. The summed E-state index contributed by atoms with van der Waals surface area (Å²) >= 11 is 0. The molecule has 1 nitrogen and oxygen atoms in total. The van der Waals surface area contributed by atoms with Crippen LogP contribution >= 0.6 is 0 Å². The normalized spacial score (nSPS) is 11.8. The predicted molar refractivity (Wildman–Crippen MR) is 90.6 cm³/mol. The number of hydrogen-bond acceptors (Lipinski definition) is 1. The van der Waals surface area contributed by atoms with Crippen molar-refractivity contribution in [1.82, 2.24) is 4.98 Å². The van der Waals surface area contributed by atoms with E-state index in [2.05, 4.69) is 85.3 Å². The van der Waals surface area contributed by atoms with Crippen LogP contribution < -0.4 is 15.4 Å². The maximum absolute atomic E-state index is 3.78. The summed E-state index contributed by atoms with van der Waals surface area (Å²) in [5, 5.41) is 3.03. The molecule has 0 aliphatic rings. The Morgan fingerprint density at radius 1 is 0.842 bits per heavy atom. The van der Waals surface area contributed by atoms with E-state index in [4.69, 9.17) is 0 Å². The first-order chi connectivity index (χ1) is 9.13. The molecule has 0 aliphatic heterocycles. The van der Waals surface area contributed by atoms with Gasteiger partial charge in [0.1, 0.15) is 17.0 Å². The lowest BCUT2D eigenvalue weighted by atomic mass is 10.4. The lowest BCUT2D eigenvalue weighted by Crippen LogP contribution is -2.63. The van der Waals surface area contributed by atoms with Crippen LogP contribution in [0, 0.1) is 0 Å². The molecule has 2 aromatic rings. The molecule has 0 radical (unpaired) electrons. The van der Waals surface area contributed by atoms with Gasteiger partial charge >= 0.3 is 0 Å². The topological polar surface area (TPSA) is 12.0 Å². The first kappa shape index (κ1) is 14.2. The number of hydrogen-bond donors (Lipinski definition) is 1. The SMILES string of the molecule is C[SiH](C)NC[Si](C)(c1ccccc1)c1ccccc1. The van der Waals surface area contributed by atoms with Crippen LogP contribution in [-0.2, 0) is 0 Å².